The number of rotatable bonds is 6. The Morgan fingerprint density at radius 2 is 1.88 bits per heavy atom. The Morgan fingerprint density at radius 3 is 2.52 bits per heavy atom. The van der Waals surface area contributed by atoms with Gasteiger partial charge in [-0.05, 0) is 51.3 Å². The number of aromatic nitrogens is 1. The van der Waals surface area contributed by atoms with E-state index in [9.17, 15) is 9.59 Å². The number of ether oxygens (including phenoxy) is 1. The Hall–Kier alpha value is -2.56. The molecular formula is C20H26N2O3. The van der Waals surface area contributed by atoms with E-state index in [-0.39, 0.29) is 18.4 Å². The molecule has 0 aliphatic heterocycles. The van der Waals surface area contributed by atoms with Crippen LogP contribution in [0.25, 0.3) is 0 Å². The summed E-state index contributed by atoms with van der Waals surface area (Å²) in [5, 5.41) is 3.02. The lowest BCUT2D eigenvalue weighted by Crippen LogP contribution is -2.21. The topological polar surface area (TPSA) is 60.3 Å². The number of nitrogens with zero attached hydrogens (tertiary/aromatic N) is 1. The van der Waals surface area contributed by atoms with Crippen molar-refractivity contribution in [3.63, 3.8) is 0 Å². The summed E-state index contributed by atoms with van der Waals surface area (Å²) in [5.41, 5.74) is 5.14. The Balaban J connectivity index is 2.21. The molecular weight excluding hydrogens is 316 g/mol. The van der Waals surface area contributed by atoms with Gasteiger partial charge in [-0.25, -0.2) is 4.79 Å². The van der Waals surface area contributed by atoms with E-state index in [1.165, 1.54) is 0 Å². The van der Waals surface area contributed by atoms with Crippen molar-refractivity contribution in [3.05, 3.63) is 52.3 Å². The highest BCUT2D eigenvalue weighted by atomic mass is 16.5. The molecule has 0 saturated heterocycles. The zero-order chi connectivity index (χ0) is 18.6. The van der Waals surface area contributed by atoms with E-state index >= 15 is 0 Å². The number of nitrogens with one attached hydrogen (secondary N) is 1. The summed E-state index contributed by atoms with van der Waals surface area (Å²) in [6.45, 7) is 10.0. The number of hydrogen-bond acceptors (Lipinski definition) is 3. The van der Waals surface area contributed by atoms with Crippen LogP contribution in [0.1, 0.15) is 46.7 Å². The molecule has 1 amide bonds. The van der Waals surface area contributed by atoms with Crippen LogP contribution < -0.4 is 5.32 Å². The van der Waals surface area contributed by atoms with Crippen molar-refractivity contribution >= 4 is 17.6 Å². The van der Waals surface area contributed by atoms with Crippen LogP contribution in [0.4, 0.5) is 5.69 Å². The summed E-state index contributed by atoms with van der Waals surface area (Å²) in [6, 6.07) is 7.77. The van der Waals surface area contributed by atoms with Gasteiger partial charge < -0.3 is 14.6 Å². The molecule has 0 saturated carbocycles. The quantitative estimate of drug-likeness (QED) is 0.813. The number of amides is 1. The van der Waals surface area contributed by atoms with Gasteiger partial charge in [0, 0.05) is 17.1 Å². The number of carbonyl (C=O) groups excluding carboxylic acids is 2. The van der Waals surface area contributed by atoms with Crippen LogP contribution in [-0.2, 0) is 22.5 Å². The van der Waals surface area contributed by atoms with Gasteiger partial charge >= 0.3 is 5.97 Å². The van der Waals surface area contributed by atoms with Crippen LogP contribution in [0, 0.1) is 20.8 Å². The minimum absolute atomic E-state index is 0.110. The average molecular weight is 342 g/mol. The highest BCUT2D eigenvalue weighted by Crippen LogP contribution is 2.22. The first-order valence-electron chi connectivity index (χ1n) is 8.61. The van der Waals surface area contributed by atoms with Gasteiger partial charge in [-0.3, -0.25) is 4.79 Å². The fourth-order valence-electron chi connectivity index (χ4n) is 2.98. The zero-order valence-corrected chi connectivity index (χ0v) is 15.6. The maximum absolute atomic E-state index is 12.6. The average Bonchev–Trinajstić information content (AvgIpc) is 2.85. The second-order valence-corrected chi connectivity index (χ2v) is 6.10. The smallest absolute Gasteiger partial charge is 0.339 e. The molecule has 5 nitrogen and oxygen atoms in total. The maximum Gasteiger partial charge on any atom is 0.339 e. The molecule has 0 aliphatic rings. The normalized spacial score (nSPS) is 10.6. The predicted octanol–water partition coefficient (Wildman–Crippen LogP) is 3.79. The van der Waals surface area contributed by atoms with Gasteiger partial charge in [0.15, 0.2) is 0 Å². The molecule has 1 aromatic carbocycles. The van der Waals surface area contributed by atoms with Crippen molar-refractivity contribution in [2.24, 2.45) is 0 Å². The van der Waals surface area contributed by atoms with Gasteiger partial charge in [0.05, 0.1) is 12.2 Å². The summed E-state index contributed by atoms with van der Waals surface area (Å²) in [4.78, 5) is 24.6. The van der Waals surface area contributed by atoms with E-state index in [1.54, 1.807) is 13.0 Å². The van der Waals surface area contributed by atoms with Crippen LogP contribution in [0.5, 0.6) is 0 Å². The largest absolute Gasteiger partial charge is 0.462 e. The van der Waals surface area contributed by atoms with Crippen molar-refractivity contribution in [1.29, 1.82) is 0 Å². The first-order valence-corrected chi connectivity index (χ1v) is 8.61. The summed E-state index contributed by atoms with van der Waals surface area (Å²) in [5.74, 6) is -0.462. The molecule has 1 heterocycles. The third-order valence-electron chi connectivity index (χ3n) is 4.38. The Labute approximate surface area is 149 Å². The van der Waals surface area contributed by atoms with Gasteiger partial charge in [-0.1, -0.05) is 25.1 Å². The molecule has 0 unspecified atom stereocenters. The van der Waals surface area contributed by atoms with Crippen LogP contribution >= 0.6 is 0 Å². The van der Waals surface area contributed by atoms with E-state index < -0.39 is 0 Å². The maximum atomic E-state index is 12.6. The molecule has 1 N–H and O–H groups in total. The molecule has 2 aromatic rings. The lowest BCUT2D eigenvalue weighted by atomic mass is 10.1. The molecule has 5 heteroatoms. The predicted molar refractivity (Wildman–Crippen MR) is 99.0 cm³/mol. The standard InChI is InChI=1S/C20H26N2O3/c1-6-16-10-8-9-13(3)19(16)21-18(23)12-22-14(4)11-17(15(22)5)20(24)25-7-2/h8-11H,6-7,12H2,1-5H3,(H,21,23). The summed E-state index contributed by atoms with van der Waals surface area (Å²) in [6.07, 6.45) is 0.853. The van der Waals surface area contributed by atoms with Gasteiger partial charge in [-0.2, -0.15) is 0 Å². The lowest BCUT2D eigenvalue weighted by Gasteiger charge is -2.15. The van der Waals surface area contributed by atoms with E-state index in [4.69, 9.17) is 4.74 Å². The molecule has 0 bridgehead atoms. The minimum Gasteiger partial charge on any atom is -0.462 e. The Morgan fingerprint density at radius 1 is 1.16 bits per heavy atom. The molecule has 0 aliphatic carbocycles. The van der Waals surface area contributed by atoms with Gasteiger partial charge in [0.25, 0.3) is 0 Å². The fourth-order valence-corrected chi connectivity index (χ4v) is 2.98. The molecule has 1 aromatic heterocycles. The first-order chi connectivity index (χ1) is 11.9. The monoisotopic (exact) mass is 342 g/mol. The molecule has 134 valence electrons. The summed E-state index contributed by atoms with van der Waals surface area (Å²) >= 11 is 0. The summed E-state index contributed by atoms with van der Waals surface area (Å²) < 4.78 is 6.91. The number of para-hydroxylation sites is 1. The SMILES string of the molecule is CCOC(=O)c1cc(C)n(CC(=O)Nc2c(C)cccc2CC)c1C. The minimum atomic E-state index is -0.352. The van der Waals surface area contributed by atoms with Crippen molar-refractivity contribution < 1.29 is 14.3 Å². The van der Waals surface area contributed by atoms with E-state index in [1.807, 2.05) is 43.5 Å². The number of carbonyl (C=O) groups is 2. The van der Waals surface area contributed by atoms with Crippen molar-refractivity contribution in [2.75, 3.05) is 11.9 Å². The highest BCUT2D eigenvalue weighted by molar-refractivity contribution is 5.93. The van der Waals surface area contributed by atoms with Gasteiger partial charge in [-0.15, -0.1) is 0 Å². The van der Waals surface area contributed by atoms with E-state index in [0.717, 1.165) is 34.6 Å². The molecule has 0 atom stereocenters. The van der Waals surface area contributed by atoms with Crippen LogP contribution in [0.3, 0.4) is 0 Å². The number of hydrogen-bond donors (Lipinski definition) is 1. The van der Waals surface area contributed by atoms with Crippen LogP contribution in [0.15, 0.2) is 24.3 Å². The van der Waals surface area contributed by atoms with Crippen molar-refractivity contribution in [1.82, 2.24) is 4.57 Å². The van der Waals surface area contributed by atoms with Gasteiger partial charge in [0.2, 0.25) is 5.91 Å². The van der Waals surface area contributed by atoms with E-state index in [2.05, 4.69) is 12.2 Å². The number of benzene rings is 1. The Kier molecular flexibility index (Phi) is 6.02. The fraction of sp³-hybridized carbons (Fsp3) is 0.400. The number of anilines is 1. The Bertz CT molecular complexity index is 790. The second-order valence-electron chi connectivity index (χ2n) is 6.10. The van der Waals surface area contributed by atoms with Crippen molar-refractivity contribution in [3.8, 4) is 0 Å². The molecule has 2 rings (SSSR count). The third-order valence-corrected chi connectivity index (χ3v) is 4.38. The zero-order valence-electron chi connectivity index (χ0n) is 15.6. The molecule has 0 spiro atoms. The molecule has 25 heavy (non-hydrogen) atoms. The van der Waals surface area contributed by atoms with Crippen LogP contribution in [0.2, 0.25) is 0 Å². The molecule has 0 radical (unpaired) electrons. The van der Waals surface area contributed by atoms with Crippen LogP contribution in [-0.4, -0.2) is 23.1 Å². The van der Waals surface area contributed by atoms with Gasteiger partial charge in [0.1, 0.15) is 6.54 Å². The first kappa shape index (κ1) is 18.8. The summed E-state index contributed by atoms with van der Waals surface area (Å²) in [7, 11) is 0. The molecule has 0 fully saturated rings. The van der Waals surface area contributed by atoms with Crippen molar-refractivity contribution in [2.45, 2.75) is 47.6 Å². The second kappa shape index (κ2) is 8.01. The van der Waals surface area contributed by atoms with E-state index in [0.29, 0.717) is 12.2 Å². The lowest BCUT2D eigenvalue weighted by molar-refractivity contribution is -0.116. The number of esters is 1. The third kappa shape index (κ3) is 4.10. The highest BCUT2D eigenvalue weighted by Gasteiger charge is 2.18. The number of aryl methyl sites for hydroxylation is 3.